The standard InChI is InChI=1S/C22H26N2O4/c1-4-14-28-18-12-10-17(11-13-18)16-24(3)21(25)15-23-22(26)19-8-6-7-9-20(19)27-5-2/h4,6-13H,1,5,14-16H2,2-3H3,(H,23,26). The number of hydrogen-bond donors (Lipinski definition) is 1. The van der Waals surface area contributed by atoms with E-state index in [-0.39, 0.29) is 18.4 Å². The van der Waals surface area contributed by atoms with Crippen molar-refractivity contribution in [1.29, 1.82) is 0 Å². The number of nitrogens with zero attached hydrogens (tertiary/aromatic N) is 1. The van der Waals surface area contributed by atoms with Gasteiger partial charge < -0.3 is 19.7 Å². The van der Waals surface area contributed by atoms with Crippen molar-refractivity contribution in [3.05, 3.63) is 72.3 Å². The summed E-state index contributed by atoms with van der Waals surface area (Å²) in [5, 5.41) is 2.66. The highest BCUT2D eigenvalue weighted by Crippen LogP contribution is 2.17. The van der Waals surface area contributed by atoms with E-state index < -0.39 is 0 Å². The molecule has 0 radical (unpaired) electrons. The first-order chi connectivity index (χ1) is 13.5. The van der Waals surface area contributed by atoms with Gasteiger partial charge in [0.15, 0.2) is 0 Å². The molecule has 6 heteroatoms. The Balaban J connectivity index is 1.87. The second kappa shape index (κ2) is 10.8. The Kier molecular flexibility index (Phi) is 8.09. The summed E-state index contributed by atoms with van der Waals surface area (Å²) in [7, 11) is 1.70. The fourth-order valence-corrected chi connectivity index (χ4v) is 2.53. The van der Waals surface area contributed by atoms with E-state index in [1.165, 1.54) is 0 Å². The predicted molar refractivity (Wildman–Crippen MR) is 109 cm³/mol. The average Bonchev–Trinajstić information content (AvgIpc) is 2.71. The van der Waals surface area contributed by atoms with Crippen LogP contribution in [0.3, 0.4) is 0 Å². The van der Waals surface area contributed by atoms with Crippen LogP contribution in [-0.4, -0.2) is 43.5 Å². The minimum absolute atomic E-state index is 0.0870. The first kappa shape index (κ1) is 21.0. The Labute approximate surface area is 165 Å². The first-order valence-corrected chi connectivity index (χ1v) is 9.11. The molecule has 2 aromatic rings. The van der Waals surface area contributed by atoms with Crippen LogP contribution in [0.1, 0.15) is 22.8 Å². The maximum atomic E-state index is 12.4. The maximum absolute atomic E-state index is 12.4. The van der Waals surface area contributed by atoms with E-state index in [4.69, 9.17) is 9.47 Å². The zero-order valence-electron chi connectivity index (χ0n) is 16.3. The lowest BCUT2D eigenvalue weighted by molar-refractivity contribution is -0.129. The molecule has 0 aliphatic heterocycles. The fourth-order valence-electron chi connectivity index (χ4n) is 2.53. The second-order valence-corrected chi connectivity index (χ2v) is 6.11. The predicted octanol–water partition coefficient (Wildman–Crippen LogP) is 3.04. The molecule has 0 saturated heterocycles. The molecule has 0 saturated carbocycles. The third kappa shape index (κ3) is 6.16. The summed E-state index contributed by atoms with van der Waals surface area (Å²) >= 11 is 0. The smallest absolute Gasteiger partial charge is 0.255 e. The highest BCUT2D eigenvalue weighted by Gasteiger charge is 2.15. The van der Waals surface area contributed by atoms with Crippen molar-refractivity contribution in [1.82, 2.24) is 10.2 Å². The number of carbonyl (C=O) groups excluding carboxylic acids is 2. The third-order valence-electron chi connectivity index (χ3n) is 3.97. The summed E-state index contributed by atoms with van der Waals surface area (Å²) in [4.78, 5) is 26.3. The lowest BCUT2D eigenvalue weighted by Gasteiger charge is -2.18. The zero-order chi connectivity index (χ0) is 20.4. The van der Waals surface area contributed by atoms with Gasteiger partial charge in [-0.1, -0.05) is 36.9 Å². The molecular weight excluding hydrogens is 356 g/mol. The molecule has 2 aromatic carbocycles. The molecule has 0 aliphatic rings. The van der Waals surface area contributed by atoms with Crippen molar-refractivity contribution in [2.75, 3.05) is 26.8 Å². The summed E-state index contributed by atoms with van der Waals surface area (Å²) in [6.45, 7) is 6.72. The molecule has 0 heterocycles. The number of rotatable bonds is 10. The number of nitrogens with one attached hydrogen (secondary N) is 1. The number of ether oxygens (including phenoxy) is 2. The number of carbonyl (C=O) groups is 2. The first-order valence-electron chi connectivity index (χ1n) is 9.11. The van der Waals surface area contributed by atoms with Gasteiger partial charge in [-0.2, -0.15) is 0 Å². The molecule has 148 valence electrons. The highest BCUT2D eigenvalue weighted by atomic mass is 16.5. The van der Waals surface area contributed by atoms with E-state index in [2.05, 4.69) is 11.9 Å². The van der Waals surface area contributed by atoms with Gasteiger partial charge in [-0.15, -0.1) is 0 Å². The van der Waals surface area contributed by atoms with Gasteiger partial charge in [0.25, 0.3) is 5.91 Å². The number of benzene rings is 2. The van der Waals surface area contributed by atoms with Crippen molar-refractivity contribution >= 4 is 11.8 Å². The van der Waals surface area contributed by atoms with Gasteiger partial charge in [0.2, 0.25) is 5.91 Å². The monoisotopic (exact) mass is 382 g/mol. The zero-order valence-corrected chi connectivity index (χ0v) is 16.3. The number of likely N-dealkylation sites (N-methyl/N-ethyl adjacent to an activating group) is 1. The van der Waals surface area contributed by atoms with Crippen LogP contribution in [0.15, 0.2) is 61.2 Å². The second-order valence-electron chi connectivity index (χ2n) is 6.11. The lowest BCUT2D eigenvalue weighted by atomic mass is 10.2. The Morgan fingerprint density at radius 3 is 2.50 bits per heavy atom. The largest absolute Gasteiger partial charge is 0.493 e. The normalized spacial score (nSPS) is 10.1. The summed E-state index contributed by atoms with van der Waals surface area (Å²) in [5.41, 5.74) is 1.38. The average molecular weight is 382 g/mol. The van der Waals surface area contributed by atoms with Crippen molar-refractivity contribution in [2.24, 2.45) is 0 Å². The van der Waals surface area contributed by atoms with Gasteiger partial charge in [-0.05, 0) is 36.8 Å². The molecule has 2 amide bonds. The van der Waals surface area contributed by atoms with Crippen LogP contribution in [0.2, 0.25) is 0 Å². The van der Waals surface area contributed by atoms with Crippen LogP contribution in [0.4, 0.5) is 0 Å². The molecular formula is C22H26N2O4. The van der Waals surface area contributed by atoms with Crippen LogP contribution in [0.5, 0.6) is 11.5 Å². The summed E-state index contributed by atoms with van der Waals surface area (Å²) in [6, 6.07) is 14.5. The Hall–Kier alpha value is -3.28. The number of hydrogen-bond acceptors (Lipinski definition) is 4. The SMILES string of the molecule is C=CCOc1ccc(CN(C)C(=O)CNC(=O)c2ccccc2OCC)cc1. The molecule has 0 bridgehead atoms. The Morgan fingerprint density at radius 1 is 1.11 bits per heavy atom. The minimum Gasteiger partial charge on any atom is -0.493 e. The van der Waals surface area contributed by atoms with E-state index >= 15 is 0 Å². The molecule has 1 N–H and O–H groups in total. The third-order valence-corrected chi connectivity index (χ3v) is 3.97. The molecule has 28 heavy (non-hydrogen) atoms. The van der Waals surface area contributed by atoms with Crippen LogP contribution in [0.25, 0.3) is 0 Å². The molecule has 0 fully saturated rings. The van der Waals surface area contributed by atoms with E-state index in [0.717, 1.165) is 11.3 Å². The van der Waals surface area contributed by atoms with Gasteiger partial charge in [0.1, 0.15) is 18.1 Å². The van der Waals surface area contributed by atoms with E-state index in [0.29, 0.717) is 31.1 Å². The van der Waals surface area contributed by atoms with E-state index in [1.807, 2.05) is 31.2 Å². The van der Waals surface area contributed by atoms with Gasteiger partial charge in [0.05, 0.1) is 18.7 Å². The van der Waals surface area contributed by atoms with Crippen LogP contribution in [0, 0.1) is 0 Å². The van der Waals surface area contributed by atoms with Gasteiger partial charge in [-0.3, -0.25) is 9.59 Å². The summed E-state index contributed by atoms with van der Waals surface area (Å²) in [5.74, 6) is 0.726. The van der Waals surface area contributed by atoms with Crippen LogP contribution < -0.4 is 14.8 Å². The van der Waals surface area contributed by atoms with Gasteiger partial charge in [0, 0.05) is 13.6 Å². The summed E-state index contributed by atoms with van der Waals surface area (Å²) < 4.78 is 10.9. The quantitative estimate of drug-likeness (QED) is 0.642. The fraction of sp³-hybridized carbons (Fsp3) is 0.273. The molecule has 0 aromatic heterocycles. The van der Waals surface area contributed by atoms with Crippen molar-refractivity contribution in [3.8, 4) is 11.5 Å². The lowest BCUT2D eigenvalue weighted by Crippen LogP contribution is -2.37. The van der Waals surface area contributed by atoms with Gasteiger partial charge in [-0.25, -0.2) is 0 Å². The number of amides is 2. The summed E-state index contributed by atoms with van der Waals surface area (Å²) in [6.07, 6.45) is 1.68. The molecule has 0 aliphatic carbocycles. The molecule has 0 spiro atoms. The van der Waals surface area contributed by atoms with Crippen molar-refractivity contribution in [3.63, 3.8) is 0 Å². The number of para-hydroxylation sites is 1. The minimum atomic E-state index is -0.338. The van der Waals surface area contributed by atoms with Crippen molar-refractivity contribution < 1.29 is 19.1 Å². The molecule has 0 atom stereocenters. The van der Waals surface area contributed by atoms with Gasteiger partial charge >= 0.3 is 0 Å². The molecule has 6 nitrogen and oxygen atoms in total. The molecule has 2 rings (SSSR count). The van der Waals surface area contributed by atoms with Crippen molar-refractivity contribution in [2.45, 2.75) is 13.5 Å². The topological polar surface area (TPSA) is 67.9 Å². The van der Waals surface area contributed by atoms with E-state index in [9.17, 15) is 9.59 Å². The van der Waals surface area contributed by atoms with E-state index in [1.54, 1.807) is 42.3 Å². The Morgan fingerprint density at radius 2 is 1.82 bits per heavy atom. The molecule has 0 unspecified atom stereocenters. The maximum Gasteiger partial charge on any atom is 0.255 e. The van der Waals surface area contributed by atoms with Crippen LogP contribution >= 0.6 is 0 Å². The highest BCUT2D eigenvalue weighted by molar-refractivity contribution is 5.98. The van der Waals surface area contributed by atoms with Crippen LogP contribution in [-0.2, 0) is 11.3 Å². The Bertz CT molecular complexity index is 802.